The third-order valence-electron chi connectivity index (χ3n) is 3.01. The predicted molar refractivity (Wildman–Crippen MR) is 65.3 cm³/mol. The highest BCUT2D eigenvalue weighted by Gasteiger charge is 2.23. The van der Waals surface area contributed by atoms with Crippen molar-refractivity contribution in [3.63, 3.8) is 0 Å². The fraction of sp³-hybridized carbons (Fsp3) is 0.462. The molecule has 1 N–H and O–H groups in total. The molecule has 4 nitrogen and oxygen atoms in total. The van der Waals surface area contributed by atoms with Gasteiger partial charge in [0, 0.05) is 18.7 Å². The van der Waals surface area contributed by atoms with Gasteiger partial charge in [0.1, 0.15) is 0 Å². The van der Waals surface area contributed by atoms with Crippen molar-refractivity contribution < 1.29 is 14.6 Å². The minimum atomic E-state index is -0.747. The van der Waals surface area contributed by atoms with Gasteiger partial charge in [-0.1, -0.05) is 18.2 Å². The van der Waals surface area contributed by atoms with Crippen LogP contribution in [-0.2, 0) is 9.53 Å². The summed E-state index contributed by atoms with van der Waals surface area (Å²) < 4.78 is 5.43. The lowest BCUT2D eigenvalue weighted by atomic mass is 10.1. The highest BCUT2D eigenvalue weighted by Crippen LogP contribution is 2.21. The van der Waals surface area contributed by atoms with Crippen molar-refractivity contribution in [2.75, 3.05) is 24.7 Å². The standard InChI is InChI=1S/C13H17NO3/c15-13(16)7-6-12-10-17-9-8-14(12)11-4-2-1-3-5-11/h1-5,12H,6-10H2,(H,15,16). The normalized spacial score (nSPS) is 20.2. The van der Waals surface area contributed by atoms with E-state index in [-0.39, 0.29) is 12.5 Å². The van der Waals surface area contributed by atoms with Crippen LogP contribution < -0.4 is 4.90 Å². The Morgan fingerprint density at radius 1 is 1.41 bits per heavy atom. The molecule has 1 saturated heterocycles. The van der Waals surface area contributed by atoms with E-state index in [1.165, 1.54) is 0 Å². The van der Waals surface area contributed by atoms with Crippen molar-refractivity contribution in [3.05, 3.63) is 30.3 Å². The van der Waals surface area contributed by atoms with Gasteiger partial charge in [-0.3, -0.25) is 4.79 Å². The number of para-hydroxylation sites is 1. The monoisotopic (exact) mass is 235 g/mol. The Hall–Kier alpha value is -1.55. The van der Waals surface area contributed by atoms with Gasteiger partial charge in [-0.25, -0.2) is 0 Å². The molecule has 0 aromatic heterocycles. The van der Waals surface area contributed by atoms with Crippen LogP contribution in [0.4, 0.5) is 5.69 Å². The predicted octanol–water partition coefficient (Wildman–Crippen LogP) is 1.76. The van der Waals surface area contributed by atoms with Crippen LogP contribution in [-0.4, -0.2) is 36.9 Å². The summed E-state index contributed by atoms with van der Waals surface area (Å²) >= 11 is 0. The second-order valence-electron chi connectivity index (χ2n) is 4.19. The number of benzene rings is 1. The number of nitrogens with zero attached hydrogens (tertiary/aromatic N) is 1. The summed E-state index contributed by atoms with van der Waals surface area (Å²) in [5.41, 5.74) is 1.14. The van der Waals surface area contributed by atoms with E-state index in [4.69, 9.17) is 9.84 Å². The number of aliphatic carboxylic acids is 1. The van der Waals surface area contributed by atoms with Crippen molar-refractivity contribution in [2.24, 2.45) is 0 Å². The number of carboxylic acids is 1. The number of ether oxygens (including phenoxy) is 1. The van der Waals surface area contributed by atoms with E-state index in [0.717, 1.165) is 12.2 Å². The fourth-order valence-electron chi connectivity index (χ4n) is 2.14. The topological polar surface area (TPSA) is 49.8 Å². The van der Waals surface area contributed by atoms with Crippen LogP contribution in [0, 0.1) is 0 Å². The summed E-state index contributed by atoms with van der Waals surface area (Å²) in [6, 6.07) is 10.3. The first-order chi connectivity index (χ1) is 8.27. The molecule has 0 spiro atoms. The van der Waals surface area contributed by atoms with E-state index in [1.54, 1.807) is 0 Å². The van der Waals surface area contributed by atoms with Gasteiger partial charge in [-0.15, -0.1) is 0 Å². The van der Waals surface area contributed by atoms with Crippen LogP contribution in [0.1, 0.15) is 12.8 Å². The van der Waals surface area contributed by atoms with E-state index in [9.17, 15) is 4.79 Å². The van der Waals surface area contributed by atoms with Crippen LogP contribution in [0.5, 0.6) is 0 Å². The highest BCUT2D eigenvalue weighted by atomic mass is 16.5. The number of morpholine rings is 1. The molecule has 1 aliphatic rings. The quantitative estimate of drug-likeness (QED) is 0.864. The van der Waals surface area contributed by atoms with E-state index in [0.29, 0.717) is 19.6 Å². The van der Waals surface area contributed by atoms with Crippen LogP contribution in [0.25, 0.3) is 0 Å². The summed E-state index contributed by atoms with van der Waals surface area (Å²) in [7, 11) is 0. The molecule has 0 aliphatic carbocycles. The first kappa shape index (κ1) is 11.9. The highest BCUT2D eigenvalue weighted by molar-refractivity contribution is 5.66. The Bertz CT molecular complexity index is 366. The lowest BCUT2D eigenvalue weighted by molar-refractivity contribution is -0.137. The molecule has 1 aromatic carbocycles. The van der Waals surface area contributed by atoms with Crippen LogP contribution in [0.3, 0.4) is 0 Å². The average molecular weight is 235 g/mol. The number of rotatable bonds is 4. The van der Waals surface area contributed by atoms with Crippen LogP contribution >= 0.6 is 0 Å². The largest absolute Gasteiger partial charge is 0.481 e. The Balaban J connectivity index is 2.04. The van der Waals surface area contributed by atoms with Gasteiger partial charge in [0.15, 0.2) is 0 Å². The Labute approximate surface area is 101 Å². The van der Waals surface area contributed by atoms with Gasteiger partial charge in [0.25, 0.3) is 0 Å². The number of anilines is 1. The maximum Gasteiger partial charge on any atom is 0.303 e. The van der Waals surface area contributed by atoms with Crippen LogP contribution in [0.2, 0.25) is 0 Å². The first-order valence-electron chi connectivity index (χ1n) is 5.88. The van der Waals surface area contributed by atoms with Crippen molar-refractivity contribution >= 4 is 11.7 Å². The van der Waals surface area contributed by atoms with E-state index in [1.807, 2.05) is 18.2 Å². The molecule has 0 saturated carbocycles. The van der Waals surface area contributed by atoms with Gasteiger partial charge < -0.3 is 14.7 Å². The lowest BCUT2D eigenvalue weighted by Crippen LogP contribution is -2.45. The molecular formula is C13H17NO3. The number of carbonyl (C=O) groups is 1. The van der Waals surface area contributed by atoms with Crippen molar-refractivity contribution in [1.29, 1.82) is 0 Å². The summed E-state index contributed by atoms with van der Waals surface area (Å²) in [5.74, 6) is -0.747. The maximum absolute atomic E-state index is 10.6. The molecule has 1 aromatic rings. The van der Waals surface area contributed by atoms with Crippen LogP contribution in [0.15, 0.2) is 30.3 Å². The number of carboxylic acid groups (broad SMARTS) is 1. The molecule has 0 bridgehead atoms. The summed E-state index contributed by atoms with van der Waals surface area (Å²) in [6.07, 6.45) is 0.821. The third kappa shape index (κ3) is 3.20. The van der Waals surface area contributed by atoms with E-state index < -0.39 is 5.97 Å². The smallest absolute Gasteiger partial charge is 0.303 e. The van der Waals surface area contributed by atoms with Gasteiger partial charge in [0.05, 0.1) is 19.3 Å². The molecular weight excluding hydrogens is 218 g/mol. The van der Waals surface area contributed by atoms with E-state index >= 15 is 0 Å². The van der Waals surface area contributed by atoms with Gasteiger partial charge in [0.2, 0.25) is 0 Å². The summed E-state index contributed by atoms with van der Waals surface area (Å²) in [5, 5.41) is 8.74. The molecule has 2 rings (SSSR count). The zero-order valence-electron chi connectivity index (χ0n) is 9.71. The molecule has 1 atom stereocenters. The Morgan fingerprint density at radius 2 is 2.18 bits per heavy atom. The minimum Gasteiger partial charge on any atom is -0.481 e. The molecule has 1 heterocycles. The van der Waals surface area contributed by atoms with Crippen molar-refractivity contribution in [3.8, 4) is 0 Å². The molecule has 1 aliphatic heterocycles. The molecule has 92 valence electrons. The third-order valence-corrected chi connectivity index (χ3v) is 3.01. The number of hydrogen-bond donors (Lipinski definition) is 1. The molecule has 1 unspecified atom stereocenters. The Morgan fingerprint density at radius 3 is 2.88 bits per heavy atom. The zero-order chi connectivity index (χ0) is 12.1. The number of hydrogen-bond acceptors (Lipinski definition) is 3. The van der Waals surface area contributed by atoms with E-state index in [2.05, 4.69) is 17.0 Å². The Kier molecular flexibility index (Phi) is 3.98. The maximum atomic E-state index is 10.6. The molecule has 17 heavy (non-hydrogen) atoms. The first-order valence-corrected chi connectivity index (χ1v) is 5.88. The second kappa shape index (κ2) is 5.68. The molecule has 1 fully saturated rings. The summed E-state index contributed by atoms with van der Waals surface area (Å²) in [6.45, 7) is 2.15. The van der Waals surface area contributed by atoms with Gasteiger partial charge in [-0.05, 0) is 18.6 Å². The van der Waals surface area contributed by atoms with Gasteiger partial charge in [-0.2, -0.15) is 0 Å². The minimum absolute atomic E-state index is 0.169. The van der Waals surface area contributed by atoms with Gasteiger partial charge >= 0.3 is 5.97 Å². The molecule has 4 heteroatoms. The van der Waals surface area contributed by atoms with Crippen molar-refractivity contribution in [2.45, 2.75) is 18.9 Å². The average Bonchev–Trinajstić information content (AvgIpc) is 2.38. The van der Waals surface area contributed by atoms with Crippen molar-refractivity contribution in [1.82, 2.24) is 0 Å². The molecule has 0 amide bonds. The summed E-state index contributed by atoms with van der Waals surface area (Å²) in [4.78, 5) is 12.9. The zero-order valence-corrected chi connectivity index (χ0v) is 9.71. The molecule has 0 radical (unpaired) electrons. The fourth-order valence-corrected chi connectivity index (χ4v) is 2.14. The second-order valence-corrected chi connectivity index (χ2v) is 4.19. The lowest BCUT2D eigenvalue weighted by Gasteiger charge is -2.37. The SMILES string of the molecule is O=C(O)CCC1COCCN1c1ccccc1.